The summed E-state index contributed by atoms with van der Waals surface area (Å²) < 4.78 is 0. The fourth-order valence-corrected chi connectivity index (χ4v) is 4.43. The van der Waals surface area contributed by atoms with Gasteiger partial charge in [0.25, 0.3) is 0 Å². The number of carbonyl (C=O) groups is 3. The van der Waals surface area contributed by atoms with E-state index in [0.29, 0.717) is 39.3 Å². The second-order valence-corrected chi connectivity index (χ2v) is 10.2. The van der Waals surface area contributed by atoms with Crippen molar-refractivity contribution in [1.29, 1.82) is 0 Å². The van der Waals surface area contributed by atoms with Crippen LogP contribution < -0.4 is 0 Å². The molecule has 0 bridgehead atoms. The number of rotatable bonds is 12. The van der Waals surface area contributed by atoms with E-state index in [4.69, 9.17) is 0 Å². The summed E-state index contributed by atoms with van der Waals surface area (Å²) in [6.07, 6.45) is 1.33. The lowest BCUT2D eigenvalue weighted by molar-refractivity contribution is -0.158. The first-order chi connectivity index (χ1) is 13.0. The number of carbonyl (C=O) groups excluding carboxylic acids is 3. The van der Waals surface area contributed by atoms with Crippen LogP contribution in [-0.4, -0.2) is 86.9 Å². The molecule has 0 spiro atoms. The summed E-state index contributed by atoms with van der Waals surface area (Å²) in [7, 11) is 0. The van der Waals surface area contributed by atoms with E-state index < -0.39 is 0 Å². The molecule has 0 aromatic rings. The van der Waals surface area contributed by atoms with E-state index in [0.717, 1.165) is 34.5 Å². The second kappa shape index (κ2) is 14.5. The summed E-state index contributed by atoms with van der Waals surface area (Å²) >= 11 is 5.18. The molecule has 1 saturated heterocycles. The van der Waals surface area contributed by atoms with Gasteiger partial charge in [-0.05, 0) is 17.3 Å². The molecule has 27 heavy (non-hydrogen) atoms. The first-order valence-corrected chi connectivity index (χ1v) is 13.1. The molecular formula is C18H33N3O3S3. The van der Waals surface area contributed by atoms with Crippen molar-refractivity contribution in [3.05, 3.63) is 0 Å². The van der Waals surface area contributed by atoms with Crippen molar-refractivity contribution in [3.8, 4) is 0 Å². The molecule has 3 amide bonds. The van der Waals surface area contributed by atoms with Gasteiger partial charge >= 0.3 is 0 Å². The van der Waals surface area contributed by atoms with E-state index in [1.807, 2.05) is 0 Å². The summed E-state index contributed by atoms with van der Waals surface area (Å²) in [5.41, 5.74) is 0. The van der Waals surface area contributed by atoms with Crippen LogP contribution in [0.4, 0.5) is 0 Å². The Bertz CT molecular complexity index is 407. The molecule has 0 unspecified atom stereocenters. The lowest BCUT2D eigenvalue weighted by Crippen LogP contribution is -2.59. The van der Waals surface area contributed by atoms with Gasteiger partial charge in [0.15, 0.2) is 0 Å². The number of nitrogens with zero attached hydrogens (tertiary/aromatic N) is 3. The Hall–Kier alpha value is -0.540. The maximum Gasteiger partial charge on any atom is 0.226 e. The van der Waals surface area contributed by atoms with Crippen molar-refractivity contribution in [2.24, 2.45) is 0 Å². The molecule has 6 nitrogen and oxygen atoms in total. The highest BCUT2D eigenvalue weighted by Gasteiger charge is 2.31. The Labute approximate surface area is 176 Å². The molecule has 0 radical (unpaired) electrons. The van der Waals surface area contributed by atoms with Crippen LogP contribution in [0.15, 0.2) is 0 Å². The molecular weight excluding hydrogens is 402 g/mol. The van der Waals surface area contributed by atoms with Crippen LogP contribution in [-0.2, 0) is 14.4 Å². The summed E-state index contributed by atoms with van der Waals surface area (Å²) in [4.78, 5) is 42.6. The van der Waals surface area contributed by atoms with E-state index in [1.165, 1.54) is 0 Å². The van der Waals surface area contributed by atoms with Gasteiger partial charge in [-0.15, -0.1) is 0 Å². The van der Waals surface area contributed by atoms with Crippen molar-refractivity contribution in [2.75, 3.05) is 54.5 Å². The minimum Gasteiger partial charge on any atom is -0.307 e. The summed E-state index contributed by atoms with van der Waals surface area (Å²) in [5.74, 6) is 5.29. The standard InChI is InChI=1S/C18H33N3O3S3/c1-4-25-10-7-16(22)19-13-20(17(23)8-11-26-5-2)15-21(14-19)18(24)9-12-27-6-3/h4-15H2,1-3H3. The summed E-state index contributed by atoms with van der Waals surface area (Å²) in [6, 6.07) is 0. The molecule has 1 rings (SSSR count). The van der Waals surface area contributed by atoms with Crippen LogP contribution in [0.25, 0.3) is 0 Å². The molecule has 1 heterocycles. The van der Waals surface area contributed by atoms with Gasteiger partial charge in [-0.1, -0.05) is 20.8 Å². The van der Waals surface area contributed by atoms with Crippen LogP contribution >= 0.6 is 35.3 Å². The lowest BCUT2D eigenvalue weighted by Gasteiger charge is -2.42. The van der Waals surface area contributed by atoms with E-state index in [2.05, 4.69) is 20.8 Å². The first kappa shape index (κ1) is 24.5. The van der Waals surface area contributed by atoms with Gasteiger partial charge in [0.05, 0.1) is 20.0 Å². The predicted molar refractivity (Wildman–Crippen MR) is 118 cm³/mol. The van der Waals surface area contributed by atoms with Gasteiger partial charge in [0.2, 0.25) is 17.7 Å². The van der Waals surface area contributed by atoms with Gasteiger partial charge in [0, 0.05) is 36.5 Å². The van der Waals surface area contributed by atoms with E-state index >= 15 is 0 Å². The fraction of sp³-hybridized carbons (Fsp3) is 0.833. The molecule has 1 aliphatic heterocycles. The molecule has 156 valence electrons. The van der Waals surface area contributed by atoms with E-state index in [9.17, 15) is 14.4 Å². The maximum atomic E-state index is 12.6. The Morgan fingerprint density at radius 2 is 0.852 bits per heavy atom. The average molecular weight is 436 g/mol. The zero-order chi connectivity index (χ0) is 20.1. The molecule has 1 fully saturated rings. The van der Waals surface area contributed by atoms with Gasteiger partial charge in [0.1, 0.15) is 0 Å². The smallest absolute Gasteiger partial charge is 0.226 e. The van der Waals surface area contributed by atoms with Crippen molar-refractivity contribution in [1.82, 2.24) is 14.7 Å². The number of amides is 3. The number of hydrogen-bond acceptors (Lipinski definition) is 6. The zero-order valence-electron chi connectivity index (χ0n) is 16.8. The quantitative estimate of drug-likeness (QED) is 0.439. The van der Waals surface area contributed by atoms with E-state index in [-0.39, 0.29) is 17.7 Å². The molecule has 0 atom stereocenters. The Morgan fingerprint density at radius 3 is 1.07 bits per heavy atom. The van der Waals surface area contributed by atoms with Gasteiger partial charge in [-0.3, -0.25) is 14.4 Å². The minimum absolute atomic E-state index is 0.0112. The molecule has 0 saturated carbocycles. The largest absolute Gasteiger partial charge is 0.307 e. The average Bonchev–Trinajstić information content (AvgIpc) is 2.67. The summed E-state index contributed by atoms with van der Waals surface area (Å²) in [6.45, 7) is 7.08. The van der Waals surface area contributed by atoms with E-state index in [1.54, 1.807) is 50.0 Å². The zero-order valence-corrected chi connectivity index (χ0v) is 19.2. The molecule has 9 heteroatoms. The second-order valence-electron chi connectivity index (χ2n) is 6.07. The van der Waals surface area contributed by atoms with Crippen LogP contribution in [0.3, 0.4) is 0 Å². The van der Waals surface area contributed by atoms with Gasteiger partial charge < -0.3 is 14.7 Å². The highest BCUT2D eigenvalue weighted by Crippen LogP contribution is 2.15. The number of thioether (sulfide) groups is 3. The third-order valence-electron chi connectivity index (χ3n) is 4.08. The Morgan fingerprint density at radius 1 is 0.593 bits per heavy atom. The van der Waals surface area contributed by atoms with Crippen LogP contribution in [0.5, 0.6) is 0 Å². The maximum absolute atomic E-state index is 12.6. The molecule has 0 aromatic carbocycles. The monoisotopic (exact) mass is 435 g/mol. The highest BCUT2D eigenvalue weighted by molar-refractivity contribution is 7.99. The van der Waals surface area contributed by atoms with Gasteiger partial charge in [-0.2, -0.15) is 35.3 Å². The Balaban J connectivity index is 2.71. The van der Waals surface area contributed by atoms with Gasteiger partial charge in [-0.25, -0.2) is 0 Å². The highest BCUT2D eigenvalue weighted by atomic mass is 32.2. The number of hydrogen-bond donors (Lipinski definition) is 0. The molecule has 1 aliphatic rings. The fourth-order valence-electron chi connectivity index (χ4n) is 2.61. The minimum atomic E-state index is 0.0112. The van der Waals surface area contributed by atoms with Crippen LogP contribution in [0, 0.1) is 0 Å². The third kappa shape index (κ3) is 9.47. The molecule has 0 aromatic heterocycles. The van der Waals surface area contributed by atoms with Crippen LogP contribution in [0.2, 0.25) is 0 Å². The first-order valence-electron chi connectivity index (χ1n) is 9.59. The molecule has 0 N–H and O–H groups in total. The van der Waals surface area contributed by atoms with Crippen molar-refractivity contribution < 1.29 is 14.4 Å². The van der Waals surface area contributed by atoms with Crippen molar-refractivity contribution in [3.63, 3.8) is 0 Å². The van der Waals surface area contributed by atoms with Crippen molar-refractivity contribution >= 4 is 53.0 Å². The summed E-state index contributed by atoms with van der Waals surface area (Å²) in [5, 5.41) is 0. The normalized spacial score (nSPS) is 14.6. The predicted octanol–water partition coefficient (Wildman–Crippen LogP) is 2.79. The third-order valence-corrected chi connectivity index (χ3v) is 6.78. The lowest BCUT2D eigenvalue weighted by atomic mass is 10.3. The van der Waals surface area contributed by atoms with Crippen molar-refractivity contribution in [2.45, 2.75) is 40.0 Å². The topological polar surface area (TPSA) is 60.9 Å². The SMILES string of the molecule is CCSCCC(=O)N1CN(C(=O)CCSCC)CN(C(=O)CCSCC)C1. The molecule has 0 aliphatic carbocycles. The van der Waals surface area contributed by atoms with Crippen LogP contribution in [0.1, 0.15) is 40.0 Å². The Kier molecular flexibility index (Phi) is 13.1.